The van der Waals surface area contributed by atoms with Gasteiger partial charge in [-0.25, -0.2) is 0 Å². The second-order valence-electron chi connectivity index (χ2n) is 3.03. The molecule has 0 unspecified atom stereocenters. The summed E-state index contributed by atoms with van der Waals surface area (Å²) in [6.45, 7) is 0. The molecule has 2 rings (SSSR count). The van der Waals surface area contributed by atoms with Crippen molar-refractivity contribution in [3.63, 3.8) is 0 Å². The average molecular weight is 284 g/mol. The summed E-state index contributed by atoms with van der Waals surface area (Å²) in [5, 5.41) is 1.39. The highest BCUT2D eigenvalue weighted by Crippen LogP contribution is 2.24. The summed E-state index contributed by atoms with van der Waals surface area (Å²) in [5.41, 5.74) is 3.07. The van der Waals surface area contributed by atoms with E-state index < -0.39 is 0 Å². The summed E-state index contributed by atoms with van der Waals surface area (Å²) in [6.07, 6.45) is 5.16. The zero-order chi connectivity index (χ0) is 10.7. The van der Waals surface area contributed by atoms with E-state index in [1.165, 1.54) is 0 Å². The first kappa shape index (κ1) is 10.6. The molecule has 0 radical (unpaired) electrons. The van der Waals surface area contributed by atoms with Crippen LogP contribution in [0.25, 0.3) is 11.3 Å². The van der Waals surface area contributed by atoms with Crippen molar-refractivity contribution in [2.45, 2.75) is 5.33 Å². The minimum atomic E-state index is 0.655. The van der Waals surface area contributed by atoms with Crippen molar-refractivity contribution in [2.24, 2.45) is 0 Å². The van der Waals surface area contributed by atoms with Crippen LogP contribution in [0, 0.1) is 0 Å². The third kappa shape index (κ3) is 2.36. The highest BCUT2D eigenvalue weighted by molar-refractivity contribution is 9.08. The summed E-state index contributed by atoms with van der Waals surface area (Å²) in [4.78, 5) is 8.31. The molecule has 0 saturated heterocycles. The number of pyridine rings is 2. The molecule has 2 aromatic heterocycles. The molecule has 0 spiro atoms. The molecule has 0 aliphatic rings. The molecule has 0 amide bonds. The molecule has 0 bridgehead atoms. The fourth-order valence-electron chi connectivity index (χ4n) is 1.35. The summed E-state index contributed by atoms with van der Waals surface area (Å²) >= 11 is 9.31. The Labute approximate surface area is 101 Å². The molecule has 0 saturated carbocycles. The predicted molar refractivity (Wildman–Crippen MR) is 65.1 cm³/mol. The Bertz CT molecular complexity index is 459. The van der Waals surface area contributed by atoms with Gasteiger partial charge >= 0.3 is 0 Å². The minimum Gasteiger partial charge on any atom is -0.265 e. The lowest BCUT2D eigenvalue weighted by atomic mass is 10.1. The fraction of sp³-hybridized carbons (Fsp3) is 0.0909. The van der Waals surface area contributed by atoms with Crippen molar-refractivity contribution >= 4 is 27.5 Å². The van der Waals surface area contributed by atoms with Crippen LogP contribution in [0.4, 0.5) is 0 Å². The first-order valence-electron chi connectivity index (χ1n) is 4.42. The summed E-state index contributed by atoms with van der Waals surface area (Å²) in [6, 6.07) is 5.78. The van der Waals surface area contributed by atoms with Crippen molar-refractivity contribution in [3.05, 3.63) is 47.4 Å². The van der Waals surface area contributed by atoms with Gasteiger partial charge in [0.25, 0.3) is 0 Å². The van der Waals surface area contributed by atoms with Crippen LogP contribution in [-0.2, 0) is 5.33 Å². The Morgan fingerprint density at radius 1 is 1.27 bits per heavy atom. The number of nitrogens with zero attached hydrogens (tertiary/aromatic N) is 2. The first-order valence-corrected chi connectivity index (χ1v) is 5.92. The van der Waals surface area contributed by atoms with Gasteiger partial charge in [-0.1, -0.05) is 27.5 Å². The van der Waals surface area contributed by atoms with E-state index in [9.17, 15) is 0 Å². The van der Waals surface area contributed by atoms with Crippen LogP contribution in [-0.4, -0.2) is 9.97 Å². The monoisotopic (exact) mass is 282 g/mol. The van der Waals surface area contributed by atoms with Gasteiger partial charge in [-0.3, -0.25) is 9.97 Å². The standard InChI is InChI=1S/C11H8BrClN2/c12-6-9-5-10(13)7-15-11(9)8-1-3-14-4-2-8/h1-5,7H,6H2. The molecule has 15 heavy (non-hydrogen) atoms. The van der Waals surface area contributed by atoms with Gasteiger partial charge < -0.3 is 0 Å². The van der Waals surface area contributed by atoms with Crippen molar-refractivity contribution in [3.8, 4) is 11.3 Å². The highest BCUT2D eigenvalue weighted by atomic mass is 79.9. The second kappa shape index (κ2) is 4.73. The zero-order valence-corrected chi connectivity index (χ0v) is 10.2. The van der Waals surface area contributed by atoms with E-state index in [-0.39, 0.29) is 0 Å². The lowest BCUT2D eigenvalue weighted by Crippen LogP contribution is -1.90. The Kier molecular flexibility index (Phi) is 3.34. The predicted octanol–water partition coefficient (Wildman–Crippen LogP) is 3.69. The topological polar surface area (TPSA) is 25.8 Å². The van der Waals surface area contributed by atoms with E-state index in [4.69, 9.17) is 11.6 Å². The number of hydrogen-bond donors (Lipinski definition) is 0. The Balaban J connectivity index is 2.53. The van der Waals surface area contributed by atoms with Crippen LogP contribution in [0.2, 0.25) is 5.02 Å². The van der Waals surface area contributed by atoms with Gasteiger partial charge in [0.1, 0.15) is 0 Å². The van der Waals surface area contributed by atoms with E-state index in [0.29, 0.717) is 5.02 Å². The van der Waals surface area contributed by atoms with Gasteiger partial charge in [-0.15, -0.1) is 0 Å². The smallest absolute Gasteiger partial charge is 0.0744 e. The molecule has 0 aliphatic carbocycles. The molecule has 2 nitrogen and oxygen atoms in total. The molecule has 0 aromatic carbocycles. The van der Waals surface area contributed by atoms with Crippen LogP contribution >= 0.6 is 27.5 Å². The number of rotatable bonds is 2. The van der Waals surface area contributed by atoms with Crippen LogP contribution < -0.4 is 0 Å². The van der Waals surface area contributed by atoms with Crippen molar-refractivity contribution in [1.82, 2.24) is 9.97 Å². The minimum absolute atomic E-state index is 0.655. The van der Waals surface area contributed by atoms with Gasteiger partial charge in [0.2, 0.25) is 0 Å². The molecule has 0 atom stereocenters. The molecular formula is C11H8BrClN2. The molecule has 76 valence electrons. The number of alkyl halides is 1. The maximum Gasteiger partial charge on any atom is 0.0744 e. The van der Waals surface area contributed by atoms with Crippen molar-refractivity contribution in [2.75, 3.05) is 0 Å². The maximum absolute atomic E-state index is 5.89. The second-order valence-corrected chi connectivity index (χ2v) is 4.03. The highest BCUT2D eigenvalue weighted by Gasteiger charge is 2.05. The van der Waals surface area contributed by atoms with Gasteiger partial charge in [-0.2, -0.15) is 0 Å². The maximum atomic E-state index is 5.89. The van der Waals surface area contributed by atoms with E-state index >= 15 is 0 Å². The number of halogens is 2. The van der Waals surface area contributed by atoms with Gasteiger partial charge in [0.05, 0.1) is 10.7 Å². The van der Waals surface area contributed by atoms with Crippen LogP contribution in [0.1, 0.15) is 5.56 Å². The van der Waals surface area contributed by atoms with Crippen LogP contribution in [0.15, 0.2) is 36.8 Å². The molecule has 0 aliphatic heterocycles. The first-order chi connectivity index (χ1) is 7.31. The number of aromatic nitrogens is 2. The van der Waals surface area contributed by atoms with Gasteiger partial charge in [0.15, 0.2) is 0 Å². The van der Waals surface area contributed by atoms with E-state index in [1.54, 1.807) is 18.6 Å². The Morgan fingerprint density at radius 2 is 2.00 bits per heavy atom. The van der Waals surface area contributed by atoms with E-state index in [2.05, 4.69) is 25.9 Å². The third-order valence-corrected chi connectivity index (χ3v) is 2.84. The quantitative estimate of drug-likeness (QED) is 0.786. The van der Waals surface area contributed by atoms with Gasteiger partial charge in [-0.05, 0) is 23.8 Å². The van der Waals surface area contributed by atoms with E-state index in [1.807, 2.05) is 18.2 Å². The summed E-state index contributed by atoms with van der Waals surface area (Å²) in [7, 11) is 0. The lowest BCUT2D eigenvalue weighted by Gasteiger charge is -2.06. The van der Waals surface area contributed by atoms with Crippen LogP contribution in [0.5, 0.6) is 0 Å². The van der Waals surface area contributed by atoms with Gasteiger partial charge in [0, 0.05) is 29.5 Å². The third-order valence-electron chi connectivity index (χ3n) is 2.03. The van der Waals surface area contributed by atoms with E-state index in [0.717, 1.165) is 22.2 Å². The molecule has 0 fully saturated rings. The lowest BCUT2D eigenvalue weighted by molar-refractivity contribution is 1.24. The van der Waals surface area contributed by atoms with Crippen molar-refractivity contribution < 1.29 is 0 Å². The molecule has 0 N–H and O–H groups in total. The van der Waals surface area contributed by atoms with Crippen LogP contribution in [0.3, 0.4) is 0 Å². The zero-order valence-electron chi connectivity index (χ0n) is 7.82. The Hall–Kier alpha value is -0.930. The van der Waals surface area contributed by atoms with Crippen molar-refractivity contribution in [1.29, 1.82) is 0 Å². The molecule has 4 heteroatoms. The normalized spacial score (nSPS) is 10.3. The molecular weight excluding hydrogens is 275 g/mol. The average Bonchev–Trinajstić information content (AvgIpc) is 2.30. The number of hydrogen-bond acceptors (Lipinski definition) is 2. The molecule has 2 heterocycles. The Morgan fingerprint density at radius 3 is 2.67 bits per heavy atom. The SMILES string of the molecule is Clc1cnc(-c2ccncc2)c(CBr)c1. The summed E-state index contributed by atoms with van der Waals surface area (Å²) in [5.74, 6) is 0. The fourth-order valence-corrected chi connectivity index (χ4v) is 1.96. The summed E-state index contributed by atoms with van der Waals surface area (Å²) < 4.78 is 0. The largest absolute Gasteiger partial charge is 0.265 e. The molecule has 2 aromatic rings.